The van der Waals surface area contributed by atoms with E-state index in [4.69, 9.17) is 4.74 Å². The summed E-state index contributed by atoms with van der Waals surface area (Å²) in [5.74, 6) is 2.07. The highest BCUT2D eigenvalue weighted by Gasteiger charge is 2.17. The van der Waals surface area contributed by atoms with Crippen LogP contribution in [0.25, 0.3) is 0 Å². The van der Waals surface area contributed by atoms with Crippen LogP contribution in [-0.2, 0) is 0 Å². The number of methoxy groups -OCH3 is 1. The van der Waals surface area contributed by atoms with E-state index in [1.54, 1.807) is 7.11 Å². The zero-order valence-corrected chi connectivity index (χ0v) is 12.3. The second-order valence-corrected chi connectivity index (χ2v) is 5.17. The Labute approximate surface area is 109 Å². The molecule has 96 valence electrons. The zero-order valence-electron chi connectivity index (χ0n) is 11.5. The van der Waals surface area contributed by atoms with Crippen LogP contribution in [0.1, 0.15) is 29.7 Å². The zero-order chi connectivity index (χ0) is 12.8. The maximum atomic E-state index is 5.53. The van der Waals surface area contributed by atoms with Crippen molar-refractivity contribution < 1.29 is 4.74 Å². The van der Waals surface area contributed by atoms with E-state index in [9.17, 15) is 0 Å². The van der Waals surface area contributed by atoms with E-state index in [1.807, 2.05) is 11.8 Å². The molecule has 0 saturated heterocycles. The average Bonchev–Trinajstić information content (AvgIpc) is 2.28. The Bertz CT molecular complexity index is 359. The largest absolute Gasteiger partial charge is 0.496 e. The first-order valence-corrected chi connectivity index (χ1v) is 7.40. The third kappa shape index (κ3) is 3.65. The van der Waals surface area contributed by atoms with E-state index in [2.05, 4.69) is 44.5 Å². The van der Waals surface area contributed by atoms with Gasteiger partial charge in [0.2, 0.25) is 0 Å². The van der Waals surface area contributed by atoms with Crippen molar-refractivity contribution in [3.8, 4) is 5.75 Å². The van der Waals surface area contributed by atoms with E-state index in [-0.39, 0.29) is 0 Å². The van der Waals surface area contributed by atoms with Crippen LogP contribution in [0, 0.1) is 13.8 Å². The number of nitrogens with one attached hydrogen (secondary N) is 1. The van der Waals surface area contributed by atoms with Crippen LogP contribution in [0.4, 0.5) is 0 Å². The molecule has 3 heteroatoms. The highest BCUT2D eigenvalue weighted by molar-refractivity contribution is 7.98. The monoisotopic (exact) mass is 253 g/mol. The average molecular weight is 253 g/mol. The lowest BCUT2D eigenvalue weighted by molar-refractivity contribution is 0.402. The van der Waals surface area contributed by atoms with E-state index < -0.39 is 0 Å². The fourth-order valence-corrected chi connectivity index (χ4v) is 2.83. The Balaban J connectivity index is 3.15. The maximum Gasteiger partial charge on any atom is 0.124 e. The lowest BCUT2D eigenvalue weighted by atomic mass is 9.98. The third-order valence-corrected chi connectivity index (χ3v) is 3.51. The van der Waals surface area contributed by atoms with Gasteiger partial charge in [-0.15, -0.1) is 0 Å². The number of rotatable bonds is 6. The summed E-state index contributed by atoms with van der Waals surface area (Å²) in [7, 11) is 1.75. The normalized spacial score (nSPS) is 12.5. The molecule has 1 aromatic rings. The minimum Gasteiger partial charge on any atom is -0.496 e. The summed E-state index contributed by atoms with van der Waals surface area (Å²) >= 11 is 1.86. The third-order valence-electron chi connectivity index (χ3n) is 2.85. The van der Waals surface area contributed by atoms with Gasteiger partial charge >= 0.3 is 0 Å². The Morgan fingerprint density at radius 3 is 2.59 bits per heavy atom. The second kappa shape index (κ2) is 6.92. The van der Waals surface area contributed by atoms with Gasteiger partial charge in [-0.1, -0.05) is 13.0 Å². The van der Waals surface area contributed by atoms with Crippen molar-refractivity contribution in [2.45, 2.75) is 26.8 Å². The summed E-state index contributed by atoms with van der Waals surface area (Å²) in [6.07, 6.45) is 2.14. The number of ether oxygens (including phenoxy) is 1. The highest BCUT2D eigenvalue weighted by atomic mass is 32.2. The van der Waals surface area contributed by atoms with Gasteiger partial charge in [-0.25, -0.2) is 0 Å². The van der Waals surface area contributed by atoms with Gasteiger partial charge < -0.3 is 10.1 Å². The number of thioether (sulfide) groups is 1. The second-order valence-electron chi connectivity index (χ2n) is 4.26. The standard InChI is InChI=1S/C14H23NOS/c1-6-15-12(9-17-5)14-11(3)7-10(2)8-13(14)16-4/h7-8,12,15H,6,9H2,1-5H3. The molecule has 1 N–H and O–H groups in total. The first-order valence-electron chi connectivity index (χ1n) is 6.01. The Morgan fingerprint density at radius 2 is 2.06 bits per heavy atom. The van der Waals surface area contributed by atoms with Crippen molar-refractivity contribution in [3.63, 3.8) is 0 Å². The molecule has 17 heavy (non-hydrogen) atoms. The van der Waals surface area contributed by atoms with Gasteiger partial charge in [-0.3, -0.25) is 0 Å². The predicted molar refractivity (Wildman–Crippen MR) is 77.3 cm³/mol. The fraction of sp³-hybridized carbons (Fsp3) is 0.571. The van der Waals surface area contributed by atoms with Crippen LogP contribution in [-0.4, -0.2) is 25.7 Å². The van der Waals surface area contributed by atoms with Gasteiger partial charge in [-0.2, -0.15) is 11.8 Å². The van der Waals surface area contributed by atoms with Crippen LogP contribution >= 0.6 is 11.8 Å². The molecule has 1 atom stereocenters. The lowest BCUT2D eigenvalue weighted by Crippen LogP contribution is -2.24. The SMILES string of the molecule is CCNC(CSC)c1c(C)cc(C)cc1OC. The molecule has 0 aliphatic rings. The van der Waals surface area contributed by atoms with Gasteiger partial charge in [0.25, 0.3) is 0 Å². The molecule has 0 radical (unpaired) electrons. The molecule has 2 nitrogen and oxygen atoms in total. The molecule has 0 aliphatic carbocycles. The van der Waals surface area contributed by atoms with Crippen molar-refractivity contribution in [1.29, 1.82) is 0 Å². The van der Waals surface area contributed by atoms with E-state index in [0.717, 1.165) is 18.0 Å². The van der Waals surface area contributed by atoms with Gasteiger partial charge in [0.05, 0.1) is 7.11 Å². The van der Waals surface area contributed by atoms with Crippen molar-refractivity contribution in [2.75, 3.05) is 25.7 Å². The van der Waals surface area contributed by atoms with Gasteiger partial charge in [0.1, 0.15) is 5.75 Å². The molecule has 0 saturated carbocycles. The van der Waals surface area contributed by atoms with Crippen LogP contribution in [0.5, 0.6) is 5.75 Å². The van der Waals surface area contributed by atoms with Crippen molar-refractivity contribution in [1.82, 2.24) is 5.32 Å². The number of hydrogen-bond donors (Lipinski definition) is 1. The van der Waals surface area contributed by atoms with Gasteiger partial charge in [0, 0.05) is 17.4 Å². The summed E-state index contributed by atoms with van der Waals surface area (Å²) in [4.78, 5) is 0. The predicted octanol–water partition coefficient (Wildman–Crippen LogP) is 3.33. The molecule has 0 amide bonds. The first-order chi connectivity index (χ1) is 8.13. The smallest absolute Gasteiger partial charge is 0.124 e. The Kier molecular flexibility index (Phi) is 5.86. The summed E-state index contributed by atoms with van der Waals surface area (Å²) in [5.41, 5.74) is 3.86. The number of hydrogen-bond acceptors (Lipinski definition) is 3. The van der Waals surface area contributed by atoms with Crippen LogP contribution in [0.15, 0.2) is 12.1 Å². The molecule has 0 aliphatic heterocycles. The molecule has 0 spiro atoms. The molecular formula is C14H23NOS. The minimum absolute atomic E-state index is 0.366. The van der Waals surface area contributed by atoms with Crippen LogP contribution < -0.4 is 10.1 Å². The Morgan fingerprint density at radius 1 is 1.35 bits per heavy atom. The molecule has 1 rings (SSSR count). The van der Waals surface area contributed by atoms with E-state index in [0.29, 0.717) is 6.04 Å². The summed E-state index contributed by atoms with van der Waals surface area (Å²) in [6, 6.07) is 4.71. The summed E-state index contributed by atoms with van der Waals surface area (Å²) in [5, 5.41) is 3.53. The molecular weight excluding hydrogens is 230 g/mol. The lowest BCUT2D eigenvalue weighted by Gasteiger charge is -2.22. The van der Waals surface area contributed by atoms with Crippen LogP contribution in [0.3, 0.4) is 0 Å². The van der Waals surface area contributed by atoms with Crippen molar-refractivity contribution >= 4 is 11.8 Å². The Hall–Kier alpha value is -0.670. The minimum atomic E-state index is 0.366. The van der Waals surface area contributed by atoms with E-state index in [1.165, 1.54) is 16.7 Å². The van der Waals surface area contributed by atoms with Gasteiger partial charge in [-0.05, 0) is 43.8 Å². The quantitative estimate of drug-likeness (QED) is 0.840. The molecule has 0 fully saturated rings. The molecule has 1 aromatic carbocycles. The molecule has 0 bridgehead atoms. The van der Waals surface area contributed by atoms with Gasteiger partial charge in [0.15, 0.2) is 0 Å². The molecule has 1 unspecified atom stereocenters. The topological polar surface area (TPSA) is 21.3 Å². The van der Waals surface area contributed by atoms with Crippen molar-refractivity contribution in [3.05, 3.63) is 28.8 Å². The maximum absolute atomic E-state index is 5.53. The molecule has 0 heterocycles. The summed E-state index contributed by atoms with van der Waals surface area (Å²) < 4.78 is 5.53. The van der Waals surface area contributed by atoms with Crippen LogP contribution in [0.2, 0.25) is 0 Å². The number of benzene rings is 1. The molecule has 0 aromatic heterocycles. The highest BCUT2D eigenvalue weighted by Crippen LogP contribution is 2.31. The van der Waals surface area contributed by atoms with E-state index >= 15 is 0 Å². The number of aryl methyl sites for hydroxylation is 2. The summed E-state index contributed by atoms with van der Waals surface area (Å²) in [6.45, 7) is 7.39. The first kappa shape index (κ1) is 14.4. The fourth-order valence-electron chi connectivity index (χ4n) is 2.21. The van der Waals surface area contributed by atoms with Crippen molar-refractivity contribution in [2.24, 2.45) is 0 Å².